The van der Waals surface area contributed by atoms with E-state index in [1.807, 2.05) is 18.2 Å². The van der Waals surface area contributed by atoms with E-state index < -0.39 is 29.6 Å². The Hall–Kier alpha value is -4.74. The molecule has 2 aliphatic heterocycles. The van der Waals surface area contributed by atoms with Crippen molar-refractivity contribution in [2.75, 3.05) is 37.0 Å². The number of ether oxygens (including phenoxy) is 1. The zero-order chi connectivity index (χ0) is 31.7. The Bertz CT molecular complexity index is 1750. The summed E-state index contributed by atoms with van der Waals surface area (Å²) in [4.78, 5) is 43.2. The topological polar surface area (TPSA) is 117 Å². The van der Waals surface area contributed by atoms with Crippen molar-refractivity contribution in [3.05, 3.63) is 106 Å². The summed E-state index contributed by atoms with van der Waals surface area (Å²) in [6.07, 6.45) is 5.27. The predicted molar refractivity (Wildman–Crippen MR) is 167 cm³/mol. The van der Waals surface area contributed by atoms with Crippen molar-refractivity contribution in [3.8, 4) is 5.69 Å². The number of piperidine rings is 1. The minimum Gasteiger partial charge on any atom is -0.478 e. The molecular weight excluding hydrogens is 601 g/mol. The van der Waals surface area contributed by atoms with Crippen LogP contribution in [0.1, 0.15) is 50.7 Å². The Morgan fingerprint density at radius 1 is 0.978 bits per heavy atom. The van der Waals surface area contributed by atoms with Crippen LogP contribution in [-0.4, -0.2) is 70.4 Å². The van der Waals surface area contributed by atoms with E-state index >= 15 is 0 Å². The Morgan fingerprint density at radius 2 is 1.69 bits per heavy atom. The number of carbonyl (C=O) groups is 3. The summed E-state index contributed by atoms with van der Waals surface area (Å²) in [6, 6.07) is 15.2. The van der Waals surface area contributed by atoms with Gasteiger partial charge in [0.05, 0.1) is 28.5 Å². The number of hydrogen-bond donors (Lipinski definition) is 2. The van der Waals surface area contributed by atoms with Gasteiger partial charge in [-0.2, -0.15) is 5.10 Å². The molecule has 10 nitrogen and oxygen atoms in total. The summed E-state index contributed by atoms with van der Waals surface area (Å²) in [5.74, 6) is -2.63. The van der Waals surface area contributed by atoms with Crippen LogP contribution in [0.2, 0.25) is 5.02 Å². The number of aromatic carboxylic acids is 1. The fraction of sp³-hybridized carbons (Fsp3) is 0.273. The van der Waals surface area contributed by atoms with Gasteiger partial charge < -0.3 is 25.0 Å². The minimum absolute atomic E-state index is 0.0705. The summed E-state index contributed by atoms with van der Waals surface area (Å²) < 4.78 is 21.5. The number of carbonyl (C=O) groups excluding carboxylic acids is 2. The molecule has 1 saturated heterocycles. The smallest absolute Gasteiger partial charge is 0.335 e. The maximum Gasteiger partial charge on any atom is 0.335 e. The molecule has 45 heavy (non-hydrogen) atoms. The highest BCUT2D eigenvalue weighted by Gasteiger charge is 2.38. The van der Waals surface area contributed by atoms with Crippen molar-refractivity contribution in [1.82, 2.24) is 14.7 Å². The number of benzene rings is 3. The molecule has 3 heterocycles. The van der Waals surface area contributed by atoms with Gasteiger partial charge in [0, 0.05) is 44.3 Å². The summed E-state index contributed by atoms with van der Waals surface area (Å²) in [7, 11) is 1.73. The Balaban J connectivity index is 1.34. The van der Waals surface area contributed by atoms with Crippen LogP contribution in [0, 0.1) is 5.82 Å². The lowest BCUT2D eigenvalue weighted by molar-refractivity contribution is -0.121. The molecule has 2 N–H and O–H groups in total. The number of hydrogen-bond acceptors (Lipinski definition) is 6. The van der Waals surface area contributed by atoms with Gasteiger partial charge in [0.1, 0.15) is 11.7 Å². The highest BCUT2D eigenvalue weighted by Crippen LogP contribution is 2.38. The van der Waals surface area contributed by atoms with Crippen LogP contribution >= 0.6 is 11.6 Å². The second-order valence-corrected chi connectivity index (χ2v) is 11.4. The molecule has 0 spiro atoms. The molecule has 2 amide bonds. The quantitative estimate of drug-likeness (QED) is 0.282. The van der Waals surface area contributed by atoms with Crippen molar-refractivity contribution in [3.63, 3.8) is 0 Å². The molecule has 4 aromatic rings. The first-order valence-corrected chi connectivity index (χ1v) is 15.0. The number of amides is 2. The molecule has 1 fully saturated rings. The van der Waals surface area contributed by atoms with Gasteiger partial charge >= 0.3 is 5.97 Å². The minimum atomic E-state index is -1.08. The van der Waals surface area contributed by atoms with E-state index in [-0.39, 0.29) is 34.5 Å². The van der Waals surface area contributed by atoms with Crippen LogP contribution < -0.4 is 10.2 Å². The van der Waals surface area contributed by atoms with Crippen LogP contribution in [0.5, 0.6) is 0 Å². The zero-order valence-electron chi connectivity index (χ0n) is 24.5. The molecule has 12 heteroatoms. The van der Waals surface area contributed by atoms with Crippen molar-refractivity contribution in [2.24, 2.45) is 0 Å². The van der Waals surface area contributed by atoms with Crippen molar-refractivity contribution >= 4 is 40.8 Å². The van der Waals surface area contributed by atoms with Crippen molar-refractivity contribution in [2.45, 2.75) is 31.4 Å². The number of anilines is 2. The SMILES string of the molecule is COC1CCN(c2cccc3c2CCN(C(=O)c2cnn(-c4cccc(Cl)c4F)c2)[C@H]3C(=O)Nc2ccc(C(=O)O)cc2)CC1. The average Bonchev–Trinajstić information content (AvgIpc) is 3.55. The molecular formula is C33H31ClFN5O5. The number of halogens is 2. The van der Waals surface area contributed by atoms with Gasteiger partial charge in [0.2, 0.25) is 0 Å². The van der Waals surface area contributed by atoms with Crippen LogP contribution in [0.15, 0.2) is 73.1 Å². The predicted octanol–water partition coefficient (Wildman–Crippen LogP) is 5.36. The monoisotopic (exact) mass is 631 g/mol. The summed E-state index contributed by atoms with van der Waals surface area (Å²) in [5, 5.41) is 16.3. The van der Waals surface area contributed by atoms with E-state index in [9.17, 15) is 23.9 Å². The van der Waals surface area contributed by atoms with Gasteiger partial charge in [-0.25, -0.2) is 13.9 Å². The first-order valence-electron chi connectivity index (χ1n) is 14.6. The highest BCUT2D eigenvalue weighted by atomic mass is 35.5. The number of carboxylic acids is 1. The number of rotatable bonds is 7. The Kier molecular flexibility index (Phi) is 8.55. The molecule has 2 aliphatic rings. The lowest BCUT2D eigenvalue weighted by atomic mass is 9.89. The molecule has 232 valence electrons. The summed E-state index contributed by atoms with van der Waals surface area (Å²) >= 11 is 5.96. The molecule has 0 unspecified atom stereocenters. The molecule has 1 aromatic heterocycles. The van der Waals surface area contributed by atoms with Gasteiger partial charge in [0.15, 0.2) is 5.82 Å². The maximum atomic E-state index is 14.7. The maximum absolute atomic E-state index is 14.7. The summed E-state index contributed by atoms with van der Waals surface area (Å²) in [5.41, 5.74) is 3.48. The first-order chi connectivity index (χ1) is 21.7. The largest absolute Gasteiger partial charge is 0.478 e. The third kappa shape index (κ3) is 6.01. The van der Waals surface area contributed by atoms with Gasteiger partial charge in [0.25, 0.3) is 11.8 Å². The molecule has 3 aromatic carbocycles. The average molecular weight is 632 g/mol. The number of methoxy groups -OCH3 is 1. The molecule has 0 aliphatic carbocycles. The van der Waals surface area contributed by atoms with E-state index in [1.54, 1.807) is 13.2 Å². The van der Waals surface area contributed by atoms with Crippen molar-refractivity contribution in [1.29, 1.82) is 0 Å². The lowest BCUT2D eigenvalue weighted by Gasteiger charge is -2.40. The number of aromatic nitrogens is 2. The molecule has 0 bridgehead atoms. The number of fused-ring (bicyclic) bond motifs is 1. The van der Waals surface area contributed by atoms with Crippen molar-refractivity contribution < 1.29 is 28.6 Å². The van der Waals surface area contributed by atoms with E-state index in [0.29, 0.717) is 17.7 Å². The number of carboxylic acid groups (broad SMARTS) is 1. The van der Waals surface area contributed by atoms with E-state index in [4.69, 9.17) is 16.3 Å². The number of nitrogens with zero attached hydrogens (tertiary/aromatic N) is 4. The third-order valence-corrected chi connectivity index (χ3v) is 8.72. The zero-order valence-corrected chi connectivity index (χ0v) is 25.2. The van der Waals surface area contributed by atoms with Crippen LogP contribution in [0.3, 0.4) is 0 Å². The van der Waals surface area contributed by atoms with E-state index in [0.717, 1.165) is 37.2 Å². The second kappa shape index (κ2) is 12.7. The Morgan fingerprint density at radius 3 is 2.40 bits per heavy atom. The van der Waals surface area contributed by atoms with Crippen LogP contribution in [0.4, 0.5) is 15.8 Å². The summed E-state index contributed by atoms with van der Waals surface area (Å²) in [6.45, 7) is 1.87. The Labute approximate surface area is 264 Å². The van der Waals surface area contributed by atoms with Gasteiger partial charge in [-0.3, -0.25) is 9.59 Å². The highest BCUT2D eigenvalue weighted by molar-refractivity contribution is 6.30. The van der Waals surface area contributed by atoms with Gasteiger partial charge in [-0.05, 0) is 72.9 Å². The molecule has 0 saturated carbocycles. The standard InChI is InChI=1S/C33H31ClFN5O5/c1-45-23-12-15-38(16-13-23)27-6-2-4-25-24(27)14-17-39(30(25)31(41)37-22-10-8-20(9-11-22)33(43)44)32(42)21-18-36-40(19-21)28-7-3-5-26(34)29(28)35/h2-11,18-19,23,30H,12-17H2,1H3,(H,37,41)(H,43,44)/t30-/m1/s1. The van der Waals surface area contributed by atoms with Crippen LogP contribution in [-0.2, 0) is 16.0 Å². The van der Waals surface area contributed by atoms with Crippen LogP contribution in [0.25, 0.3) is 5.69 Å². The van der Waals surface area contributed by atoms with E-state index in [2.05, 4.69) is 15.3 Å². The second-order valence-electron chi connectivity index (χ2n) is 11.0. The molecule has 1 atom stereocenters. The van der Waals surface area contributed by atoms with Gasteiger partial charge in [-0.15, -0.1) is 0 Å². The third-order valence-electron chi connectivity index (χ3n) is 8.43. The first kappa shape index (κ1) is 30.3. The fourth-order valence-corrected chi connectivity index (χ4v) is 6.26. The molecule has 6 rings (SSSR count). The lowest BCUT2D eigenvalue weighted by Crippen LogP contribution is -2.46. The molecule has 0 radical (unpaired) electrons. The van der Waals surface area contributed by atoms with Gasteiger partial charge in [-0.1, -0.05) is 29.8 Å². The normalized spacial score (nSPS) is 16.7. The number of nitrogens with one attached hydrogen (secondary N) is 1. The van der Waals surface area contributed by atoms with E-state index in [1.165, 1.54) is 58.4 Å². The fourth-order valence-electron chi connectivity index (χ4n) is 6.09.